The quantitative estimate of drug-likeness (QED) is 0.579. The van der Waals surface area contributed by atoms with Gasteiger partial charge in [-0.25, -0.2) is 9.59 Å². The highest BCUT2D eigenvalue weighted by atomic mass is 79.9. The van der Waals surface area contributed by atoms with Crippen molar-refractivity contribution in [2.24, 2.45) is 0 Å². The van der Waals surface area contributed by atoms with E-state index >= 15 is 0 Å². The molecule has 5 nitrogen and oxygen atoms in total. The predicted molar refractivity (Wildman–Crippen MR) is 83.5 cm³/mol. The van der Waals surface area contributed by atoms with Crippen molar-refractivity contribution in [3.05, 3.63) is 34.3 Å². The fourth-order valence-electron chi connectivity index (χ4n) is 2.31. The van der Waals surface area contributed by atoms with Crippen LogP contribution in [0.2, 0.25) is 0 Å². The first-order valence-corrected chi connectivity index (χ1v) is 8.17. The van der Waals surface area contributed by atoms with Gasteiger partial charge in [-0.15, -0.1) is 0 Å². The number of carbonyl (C=O) groups is 2. The predicted octanol–water partition coefficient (Wildman–Crippen LogP) is 4.44. The number of ether oxygens (including phenoxy) is 3. The van der Waals surface area contributed by atoms with E-state index in [0.717, 1.165) is 30.2 Å². The summed E-state index contributed by atoms with van der Waals surface area (Å²) in [5.41, 5.74) is 0.388. The highest BCUT2D eigenvalue weighted by Gasteiger charge is 2.21. The lowest BCUT2D eigenvalue weighted by molar-refractivity contribution is -0.0914. The van der Waals surface area contributed by atoms with Crippen LogP contribution in [0.15, 0.2) is 28.7 Å². The Bertz CT molecular complexity index is 508. The molecule has 1 fully saturated rings. The smallest absolute Gasteiger partial charge is 0.431 e. The Morgan fingerprint density at radius 3 is 2.36 bits per heavy atom. The fourth-order valence-corrected chi connectivity index (χ4v) is 2.58. The van der Waals surface area contributed by atoms with Crippen LogP contribution in [0, 0.1) is 0 Å². The van der Waals surface area contributed by atoms with Crippen LogP contribution < -0.4 is 0 Å². The van der Waals surface area contributed by atoms with E-state index in [0.29, 0.717) is 5.56 Å². The van der Waals surface area contributed by atoms with E-state index < -0.39 is 18.4 Å². The van der Waals surface area contributed by atoms with Gasteiger partial charge >= 0.3 is 12.1 Å². The largest absolute Gasteiger partial charge is 0.511 e. The Labute approximate surface area is 138 Å². The molecular weight excluding hydrogens is 352 g/mol. The van der Waals surface area contributed by atoms with Crippen LogP contribution in [0.1, 0.15) is 49.4 Å². The summed E-state index contributed by atoms with van der Waals surface area (Å²) in [6.07, 6.45) is 3.16. The molecule has 22 heavy (non-hydrogen) atoms. The first-order valence-electron chi connectivity index (χ1n) is 7.38. The third kappa shape index (κ3) is 5.33. The average Bonchev–Trinajstić information content (AvgIpc) is 2.48. The third-order valence-electron chi connectivity index (χ3n) is 3.43. The molecular formula is C16H19BrO5. The van der Waals surface area contributed by atoms with Crippen LogP contribution >= 0.6 is 15.9 Å². The fraction of sp³-hybridized carbons (Fsp3) is 0.500. The van der Waals surface area contributed by atoms with Crippen LogP contribution in [0.25, 0.3) is 0 Å². The first kappa shape index (κ1) is 16.8. The number of carbonyl (C=O) groups excluding carboxylic acids is 2. The lowest BCUT2D eigenvalue weighted by atomic mass is 9.98. The van der Waals surface area contributed by atoms with Crippen molar-refractivity contribution in [1.82, 2.24) is 0 Å². The van der Waals surface area contributed by atoms with Gasteiger partial charge in [-0.3, -0.25) is 0 Å². The van der Waals surface area contributed by atoms with Gasteiger partial charge in [0, 0.05) is 11.4 Å². The minimum absolute atomic E-state index is 0.0874. The number of benzene rings is 1. The minimum Gasteiger partial charge on any atom is -0.431 e. The Kier molecular flexibility index (Phi) is 6.24. The molecule has 0 heterocycles. The molecule has 0 bridgehead atoms. The molecule has 0 N–H and O–H groups in total. The molecule has 1 aromatic carbocycles. The molecule has 1 aliphatic carbocycles. The van der Waals surface area contributed by atoms with E-state index in [1.54, 1.807) is 24.3 Å². The summed E-state index contributed by atoms with van der Waals surface area (Å²) in [5.74, 6) is -0.550. The van der Waals surface area contributed by atoms with E-state index in [9.17, 15) is 9.59 Å². The lowest BCUT2D eigenvalue weighted by Gasteiger charge is -2.22. The van der Waals surface area contributed by atoms with Crippen LogP contribution in [0.5, 0.6) is 0 Å². The summed E-state index contributed by atoms with van der Waals surface area (Å²) in [6, 6.07) is 6.72. The van der Waals surface area contributed by atoms with Gasteiger partial charge in [-0.1, -0.05) is 22.4 Å². The molecule has 0 spiro atoms. The zero-order chi connectivity index (χ0) is 15.9. The summed E-state index contributed by atoms with van der Waals surface area (Å²) >= 11 is 3.29. The summed E-state index contributed by atoms with van der Waals surface area (Å²) in [4.78, 5) is 23.5. The molecule has 0 aliphatic heterocycles. The van der Waals surface area contributed by atoms with Crippen molar-refractivity contribution in [3.63, 3.8) is 0 Å². The molecule has 0 amide bonds. The SMILES string of the molecule is CC(OC(=O)OC1CCCCC1)OC(=O)c1ccc(Br)cc1. The van der Waals surface area contributed by atoms with Gasteiger partial charge < -0.3 is 14.2 Å². The Hall–Kier alpha value is -1.56. The van der Waals surface area contributed by atoms with Crippen molar-refractivity contribution in [1.29, 1.82) is 0 Å². The van der Waals surface area contributed by atoms with Crippen molar-refractivity contribution < 1.29 is 23.8 Å². The molecule has 1 aliphatic rings. The van der Waals surface area contributed by atoms with Gasteiger partial charge in [0.2, 0.25) is 6.29 Å². The maximum atomic E-state index is 11.9. The van der Waals surface area contributed by atoms with Gasteiger partial charge in [0.15, 0.2) is 0 Å². The maximum absolute atomic E-state index is 11.9. The second kappa shape index (κ2) is 8.17. The zero-order valence-corrected chi connectivity index (χ0v) is 14.0. The molecule has 0 aromatic heterocycles. The molecule has 1 saturated carbocycles. The highest BCUT2D eigenvalue weighted by Crippen LogP contribution is 2.21. The Morgan fingerprint density at radius 2 is 1.73 bits per heavy atom. The average molecular weight is 371 g/mol. The van der Waals surface area contributed by atoms with Crippen LogP contribution in [0.3, 0.4) is 0 Å². The van der Waals surface area contributed by atoms with Gasteiger partial charge in [0.05, 0.1) is 5.56 Å². The molecule has 120 valence electrons. The minimum atomic E-state index is -0.993. The first-order chi connectivity index (χ1) is 10.5. The maximum Gasteiger partial charge on any atom is 0.511 e. The van der Waals surface area contributed by atoms with Gasteiger partial charge in [-0.2, -0.15) is 0 Å². The third-order valence-corrected chi connectivity index (χ3v) is 3.96. The number of halogens is 1. The van der Waals surface area contributed by atoms with Crippen molar-refractivity contribution in [3.8, 4) is 0 Å². The summed E-state index contributed by atoms with van der Waals surface area (Å²) in [7, 11) is 0. The molecule has 1 atom stereocenters. The van der Waals surface area contributed by atoms with Crippen LogP contribution in [-0.4, -0.2) is 24.5 Å². The number of rotatable bonds is 4. The highest BCUT2D eigenvalue weighted by molar-refractivity contribution is 9.10. The summed E-state index contributed by atoms with van der Waals surface area (Å²) in [6.45, 7) is 1.49. The Balaban J connectivity index is 1.76. The van der Waals surface area contributed by atoms with Gasteiger partial charge in [-0.05, 0) is 49.9 Å². The summed E-state index contributed by atoms with van der Waals surface area (Å²) in [5, 5.41) is 0. The second-order valence-electron chi connectivity index (χ2n) is 5.23. The summed E-state index contributed by atoms with van der Waals surface area (Å²) < 4.78 is 16.1. The standard InChI is InChI=1S/C16H19BrO5/c1-11(20-15(18)12-7-9-13(17)10-8-12)21-16(19)22-14-5-3-2-4-6-14/h7-11,14H,2-6H2,1H3. The molecule has 2 rings (SSSR count). The van der Waals surface area contributed by atoms with E-state index in [-0.39, 0.29) is 6.10 Å². The second-order valence-corrected chi connectivity index (χ2v) is 6.14. The molecule has 6 heteroatoms. The van der Waals surface area contributed by atoms with Gasteiger partial charge in [0.25, 0.3) is 0 Å². The normalized spacial score (nSPS) is 16.6. The van der Waals surface area contributed by atoms with Gasteiger partial charge in [0.1, 0.15) is 6.10 Å². The van der Waals surface area contributed by atoms with E-state index in [2.05, 4.69) is 15.9 Å². The van der Waals surface area contributed by atoms with E-state index in [1.807, 2.05) is 0 Å². The van der Waals surface area contributed by atoms with E-state index in [4.69, 9.17) is 14.2 Å². The number of hydrogen-bond donors (Lipinski definition) is 0. The van der Waals surface area contributed by atoms with Crippen LogP contribution in [0.4, 0.5) is 4.79 Å². The molecule has 1 aromatic rings. The van der Waals surface area contributed by atoms with Crippen molar-refractivity contribution >= 4 is 28.1 Å². The number of hydrogen-bond acceptors (Lipinski definition) is 5. The zero-order valence-electron chi connectivity index (χ0n) is 12.4. The number of esters is 1. The van der Waals surface area contributed by atoms with Crippen LogP contribution in [-0.2, 0) is 14.2 Å². The lowest BCUT2D eigenvalue weighted by Crippen LogP contribution is -2.26. The van der Waals surface area contributed by atoms with Crippen molar-refractivity contribution in [2.75, 3.05) is 0 Å². The van der Waals surface area contributed by atoms with E-state index in [1.165, 1.54) is 13.3 Å². The van der Waals surface area contributed by atoms with Crippen molar-refractivity contribution in [2.45, 2.75) is 51.4 Å². The monoisotopic (exact) mass is 370 g/mol. The Morgan fingerprint density at radius 1 is 1.09 bits per heavy atom. The molecule has 0 saturated heterocycles. The molecule has 1 unspecified atom stereocenters. The topological polar surface area (TPSA) is 61.8 Å². The molecule has 0 radical (unpaired) electrons.